The zero-order valence-electron chi connectivity index (χ0n) is 13.3. The molecule has 1 atom stereocenters. The van der Waals surface area contributed by atoms with Crippen LogP contribution in [-0.2, 0) is 4.79 Å². The Morgan fingerprint density at radius 2 is 1.82 bits per heavy atom. The van der Waals surface area contributed by atoms with Crippen molar-refractivity contribution in [2.75, 3.05) is 20.6 Å². The van der Waals surface area contributed by atoms with Gasteiger partial charge in [-0.15, -0.1) is 0 Å². The number of rotatable bonds is 1. The number of hydrogen-bond acceptors (Lipinski definition) is 3. The molecule has 0 aromatic heterocycles. The maximum absolute atomic E-state index is 13.8. The van der Waals surface area contributed by atoms with Crippen LogP contribution in [0.5, 0.6) is 0 Å². The average molecular weight is 322 g/mol. The zero-order valence-corrected chi connectivity index (χ0v) is 13.3. The molecule has 1 aliphatic heterocycles. The molecule has 1 unspecified atom stereocenters. The Kier molecular flexibility index (Phi) is 4.56. The summed E-state index contributed by atoms with van der Waals surface area (Å²) in [6, 6.07) is 0. The minimum Gasteiger partial charge on any atom is -0.465 e. The van der Waals surface area contributed by atoms with Gasteiger partial charge in [0.25, 0.3) is 0 Å². The quantitative estimate of drug-likeness (QED) is 0.754. The Morgan fingerprint density at radius 3 is 2.14 bits per heavy atom. The highest BCUT2D eigenvalue weighted by Gasteiger charge is 2.68. The average Bonchev–Trinajstić information content (AvgIpc) is 2.27. The van der Waals surface area contributed by atoms with Crippen LogP contribution in [0.15, 0.2) is 11.9 Å². The Labute approximate surface area is 127 Å². The predicted molar refractivity (Wildman–Crippen MR) is 74.1 cm³/mol. The summed E-state index contributed by atoms with van der Waals surface area (Å²) in [7, 11) is 3.03. The Balaban J connectivity index is 3.55. The van der Waals surface area contributed by atoms with E-state index in [0.717, 1.165) is 6.20 Å². The highest BCUT2D eigenvalue weighted by Crippen LogP contribution is 2.56. The third-order valence-corrected chi connectivity index (χ3v) is 4.00. The highest BCUT2D eigenvalue weighted by molar-refractivity contribution is 6.03. The van der Waals surface area contributed by atoms with E-state index in [-0.39, 0.29) is 6.54 Å². The van der Waals surface area contributed by atoms with Crippen LogP contribution in [0.3, 0.4) is 0 Å². The lowest BCUT2D eigenvalue weighted by Gasteiger charge is -2.49. The summed E-state index contributed by atoms with van der Waals surface area (Å²) in [5, 5.41) is 9.15. The summed E-state index contributed by atoms with van der Waals surface area (Å²) < 4.78 is 41.3. The number of likely N-dealkylation sites (tertiary alicyclic amines) is 1. The van der Waals surface area contributed by atoms with Gasteiger partial charge in [-0.2, -0.15) is 13.2 Å². The number of ketones is 1. The first-order valence-corrected chi connectivity index (χ1v) is 6.76. The lowest BCUT2D eigenvalue weighted by molar-refractivity contribution is -0.253. The number of halogens is 3. The predicted octanol–water partition coefficient (Wildman–Crippen LogP) is 2.94. The molecular formula is C14H21F3N2O3. The molecule has 0 bridgehead atoms. The number of carbonyl (C=O) groups excluding carboxylic acids is 1. The third kappa shape index (κ3) is 2.78. The Morgan fingerprint density at radius 1 is 1.32 bits per heavy atom. The van der Waals surface area contributed by atoms with Gasteiger partial charge in [0.2, 0.25) is 0 Å². The van der Waals surface area contributed by atoms with Gasteiger partial charge in [-0.05, 0) is 11.8 Å². The molecule has 0 saturated carbocycles. The monoisotopic (exact) mass is 322 g/mol. The van der Waals surface area contributed by atoms with Gasteiger partial charge in [0.05, 0.1) is 0 Å². The number of hydrogen-bond donors (Lipinski definition) is 1. The summed E-state index contributed by atoms with van der Waals surface area (Å²) in [5.41, 5.74) is -4.44. The topological polar surface area (TPSA) is 60.9 Å². The van der Waals surface area contributed by atoms with Crippen LogP contribution < -0.4 is 0 Å². The molecule has 0 aromatic rings. The number of alkyl halides is 3. The van der Waals surface area contributed by atoms with Crippen LogP contribution in [0.25, 0.3) is 0 Å². The van der Waals surface area contributed by atoms with Gasteiger partial charge in [0.15, 0.2) is 5.78 Å². The van der Waals surface area contributed by atoms with Crippen molar-refractivity contribution in [1.82, 2.24) is 9.80 Å². The summed E-state index contributed by atoms with van der Waals surface area (Å²) in [5.74, 6) is -1.20. The molecule has 5 nitrogen and oxygen atoms in total. The van der Waals surface area contributed by atoms with Crippen molar-refractivity contribution in [2.45, 2.75) is 33.4 Å². The van der Waals surface area contributed by atoms with Crippen molar-refractivity contribution >= 4 is 11.9 Å². The van der Waals surface area contributed by atoms with Crippen LogP contribution in [0.1, 0.15) is 27.2 Å². The second kappa shape index (κ2) is 5.48. The molecule has 1 heterocycles. The molecule has 1 N–H and O–H groups in total. The van der Waals surface area contributed by atoms with Gasteiger partial charge >= 0.3 is 12.3 Å². The standard InChI is InChI=1S/C14H21F3N2O3/c1-12(2,3)13(14(15,16)17)6-7-19(11(21)22)9(10(13)20)8-18(4)5/h8H,6-7H2,1-5H3,(H,21,22). The molecular weight excluding hydrogens is 301 g/mol. The van der Waals surface area contributed by atoms with E-state index in [1.165, 1.54) is 39.8 Å². The Hall–Kier alpha value is -1.73. The lowest BCUT2D eigenvalue weighted by Crippen LogP contribution is -2.60. The molecule has 1 aliphatic rings. The molecule has 22 heavy (non-hydrogen) atoms. The second-order valence-electron chi connectivity index (χ2n) is 6.64. The van der Waals surface area contributed by atoms with E-state index in [4.69, 9.17) is 5.11 Å². The minimum absolute atomic E-state index is 0.377. The van der Waals surface area contributed by atoms with E-state index in [1.54, 1.807) is 0 Å². The number of nitrogens with zero attached hydrogens (tertiary/aromatic N) is 2. The molecule has 1 fully saturated rings. The van der Waals surface area contributed by atoms with Gasteiger partial charge in [-0.25, -0.2) is 4.79 Å². The number of allylic oxidation sites excluding steroid dienone is 1. The molecule has 0 aromatic carbocycles. The molecule has 1 amide bonds. The first-order chi connectivity index (χ1) is 9.75. The fourth-order valence-corrected chi connectivity index (χ4v) is 2.84. The van der Waals surface area contributed by atoms with Gasteiger partial charge in [0, 0.05) is 26.8 Å². The molecule has 0 radical (unpaired) electrons. The van der Waals surface area contributed by atoms with Crippen molar-refractivity contribution in [2.24, 2.45) is 10.8 Å². The maximum Gasteiger partial charge on any atom is 0.411 e. The van der Waals surface area contributed by atoms with Crippen molar-refractivity contribution < 1.29 is 27.9 Å². The van der Waals surface area contributed by atoms with Gasteiger partial charge < -0.3 is 10.0 Å². The van der Waals surface area contributed by atoms with Gasteiger partial charge in [-0.3, -0.25) is 9.69 Å². The fraction of sp³-hybridized carbons (Fsp3) is 0.714. The van der Waals surface area contributed by atoms with E-state index >= 15 is 0 Å². The van der Waals surface area contributed by atoms with Gasteiger partial charge in [0.1, 0.15) is 11.1 Å². The molecule has 1 rings (SSSR count). The SMILES string of the molecule is CN(C)C=C1C(=O)C(C(C)(C)C)(C(F)(F)F)CCN1C(=O)O. The van der Waals surface area contributed by atoms with Crippen LogP contribution in [0.2, 0.25) is 0 Å². The minimum atomic E-state index is -4.77. The molecule has 0 spiro atoms. The zero-order chi connectivity index (χ0) is 17.5. The van der Waals surface area contributed by atoms with E-state index < -0.39 is 41.0 Å². The number of amides is 1. The number of piperidine rings is 1. The van der Waals surface area contributed by atoms with Crippen molar-refractivity contribution in [3.05, 3.63) is 11.9 Å². The summed E-state index contributed by atoms with van der Waals surface area (Å²) >= 11 is 0. The van der Waals surface area contributed by atoms with Crippen LogP contribution in [0.4, 0.5) is 18.0 Å². The van der Waals surface area contributed by atoms with Crippen LogP contribution in [-0.4, -0.2) is 53.6 Å². The van der Waals surface area contributed by atoms with Gasteiger partial charge in [-0.1, -0.05) is 20.8 Å². The highest BCUT2D eigenvalue weighted by atomic mass is 19.4. The summed E-state index contributed by atoms with van der Waals surface area (Å²) in [6.07, 6.45) is -5.66. The van der Waals surface area contributed by atoms with E-state index in [9.17, 15) is 22.8 Å². The Bertz CT molecular complexity index is 490. The number of carboxylic acid groups (broad SMARTS) is 1. The molecule has 8 heteroatoms. The first kappa shape index (κ1) is 18.3. The first-order valence-electron chi connectivity index (χ1n) is 6.76. The van der Waals surface area contributed by atoms with E-state index in [2.05, 4.69) is 0 Å². The largest absolute Gasteiger partial charge is 0.465 e. The molecule has 0 aliphatic carbocycles. The van der Waals surface area contributed by atoms with E-state index in [0.29, 0.717) is 4.90 Å². The lowest BCUT2D eigenvalue weighted by atomic mass is 9.59. The van der Waals surface area contributed by atoms with E-state index in [1.807, 2.05) is 0 Å². The smallest absolute Gasteiger partial charge is 0.411 e. The second-order valence-corrected chi connectivity index (χ2v) is 6.64. The van der Waals surface area contributed by atoms with Crippen LogP contribution >= 0.6 is 0 Å². The summed E-state index contributed by atoms with van der Waals surface area (Å²) in [4.78, 5) is 25.9. The molecule has 126 valence electrons. The third-order valence-electron chi connectivity index (χ3n) is 4.00. The normalized spacial score (nSPS) is 25.5. The molecule has 1 saturated heterocycles. The number of carbonyl (C=O) groups is 2. The number of Topliss-reactive ketones (excluding diaryl/α,β-unsaturated/α-hetero) is 1. The maximum atomic E-state index is 13.8. The van der Waals surface area contributed by atoms with Crippen molar-refractivity contribution in [1.29, 1.82) is 0 Å². The van der Waals surface area contributed by atoms with Crippen molar-refractivity contribution in [3.8, 4) is 0 Å². The van der Waals surface area contributed by atoms with Crippen LogP contribution in [0, 0.1) is 10.8 Å². The summed E-state index contributed by atoms with van der Waals surface area (Å²) in [6.45, 7) is 3.67. The van der Waals surface area contributed by atoms with Crippen molar-refractivity contribution in [3.63, 3.8) is 0 Å². The fourth-order valence-electron chi connectivity index (χ4n) is 2.84.